The van der Waals surface area contributed by atoms with Crippen molar-refractivity contribution in [1.29, 1.82) is 0 Å². The van der Waals surface area contributed by atoms with Crippen LogP contribution in [-0.4, -0.2) is 34.2 Å². The molecule has 0 amide bonds. The molecule has 1 aliphatic heterocycles. The van der Waals surface area contributed by atoms with Crippen molar-refractivity contribution in [3.8, 4) is 0 Å². The SMILES string of the molecule is CC(O)C1CCN(Cc2nc3c(s2)CCC3)C1. The van der Waals surface area contributed by atoms with Crippen molar-refractivity contribution in [3.63, 3.8) is 0 Å². The Hall–Kier alpha value is -0.450. The van der Waals surface area contributed by atoms with Crippen LogP contribution < -0.4 is 0 Å². The van der Waals surface area contributed by atoms with Crippen molar-refractivity contribution in [3.05, 3.63) is 15.6 Å². The smallest absolute Gasteiger partial charge is 0.107 e. The molecule has 2 aliphatic rings. The second kappa shape index (κ2) is 4.67. The van der Waals surface area contributed by atoms with Crippen molar-refractivity contribution in [1.82, 2.24) is 9.88 Å². The average Bonchev–Trinajstić information content (AvgIpc) is 2.91. The maximum atomic E-state index is 9.59. The van der Waals surface area contributed by atoms with Crippen LogP contribution in [0.25, 0.3) is 0 Å². The van der Waals surface area contributed by atoms with Crippen molar-refractivity contribution in [2.45, 2.75) is 45.3 Å². The first-order valence-corrected chi connectivity index (χ1v) is 7.42. The van der Waals surface area contributed by atoms with Crippen LogP contribution in [0.15, 0.2) is 0 Å². The van der Waals surface area contributed by atoms with Crippen LogP contribution >= 0.6 is 11.3 Å². The van der Waals surface area contributed by atoms with Gasteiger partial charge >= 0.3 is 0 Å². The number of aromatic nitrogens is 1. The Balaban J connectivity index is 1.60. The Kier molecular flexibility index (Phi) is 3.19. The van der Waals surface area contributed by atoms with Gasteiger partial charge in [0.2, 0.25) is 0 Å². The molecule has 1 aromatic heterocycles. The second-order valence-electron chi connectivity index (χ2n) is 5.36. The van der Waals surface area contributed by atoms with E-state index in [1.54, 1.807) is 0 Å². The van der Waals surface area contributed by atoms with Crippen LogP contribution in [0.1, 0.15) is 35.3 Å². The lowest BCUT2D eigenvalue weighted by atomic mass is 10.0. The zero-order valence-corrected chi connectivity index (χ0v) is 11.2. The van der Waals surface area contributed by atoms with Crippen LogP contribution in [0.3, 0.4) is 0 Å². The number of aliphatic hydroxyl groups excluding tert-OH is 1. The number of aliphatic hydroxyl groups is 1. The molecular weight excluding hydrogens is 232 g/mol. The predicted molar refractivity (Wildman–Crippen MR) is 69.2 cm³/mol. The molecule has 0 bridgehead atoms. The van der Waals surface area contributed by atoms with Crippen molar-refractivity contribution in [2.75, 3.05) is 13.1 Å². The molecule has 1 N–H and O–H groups in total. The van der Waals surface area contributed by atoms with E-state index in [1.807, 2.05) is 18.3 Å². The lowest BCUT2D eigenvalue weighted by Crippen LogP contribution is -2.23. The van der Waals surface area contributed by atoms with Gasteiger partial charge in [-0.25, -0.2) is 4.98 Å². The first-order valence-electron chi connectivity index (χ1n) is 6.60. The fraction of sp³-hybridized carbons (Fsp3) is 0.769. The van der Waals surface area contributed by atoms with Gasteiger partial charge in [0.1, 0.15) is 5.01 Å². The number of hydrogen-bond acceptors (Lipinski definition) is 4. The Bertz CT molecular complexity index is 381. The lowest BCUT2D eigenvalue weighted by molar-refractivity contribution is 0.127. The van der Waals surface area contributed by atoms with Crippen molar-refractivity contribution >= 4 is 11.3 Å². The molecule has 1 aliphatic carbocycles. The van der Waals surface area contributed by atoms with Crippen molar-refractivity contribution in [2.24, 2.45) is 5.92 Å². The maximum absolute atomic E-state index is 9.59. The van der Waals surface area contributed by atoms with Gasteiger partial charge in [-0.1, -0.05) is 0 Å². The zero-order valence-electron chi connectivity index (χ0n) is 10.4. The molecule has 1 saturated heterocycles. The lowest BCUT2D eigenvalue weighted by Gasteiger charge is -2.15. The minimum Gasteiger partial charge on any atom is -0.393 e. The van der Waals surface area contributed by atoms with Gasteiger partial charge in [-0.15, -0.1) is 11.3 Å². The van der Waals surface area contributed by atoms with E-state index in [4.69, 9.17) is 4.98 Å². The first-order chi connectivity index (χ1) is 8.22. The van der Waals surface area contributed by atoms with Gasteiger partial charge < -0.3 is 5.11 Å². The largest absolute Gasteiger partial charge is 0.393 e. The van der Waals surface area contributed by atoms with Crippen LogP contribution in [0.4, 0.5) is 0 Å². The highest BCUT2D eigenvalue weighted by Crippen LogP contribution is 2.29. The molecule has 3 rings (SSSR count). The molecule has 2 atom stereocenters. The minimum absolute atomic E-state index is 0.165. The number of nitrogens with zero attached hydrogens (tertiary/aromatic N) is 2. The summed E-state index contributed by atoms with van der Waals surface area (Å²) >= 11 is 1.90. The molecule has 1 aromatic rings. The third-order valence-electron chi connectivity index (χ3n) is 3.99. The van der Waals surface area contributed by atoms with Gasteiger partial charge in [0.15, 0.2) is 0 Å². The summed E-state index contributed by atoms with van der Waals surface area (Å²) in [5.74, 6) is 0.460. The Morgan fingerprint density at radius 1 is 1.53 bits per heavy atom. The first kappa shape index (κ1) is 11.6. The maximum Gasteiger partial charge on any atom is 0.107 e. The average molecular weight is 252 g/mol. The van der Waals surface area contributed by atoms with Gasteiger partial charge in [-0.2, -0.15) is 0 Å². The Morgan fingerprint density at radius 2 is 2.41 bits per heavy atom. The summed E-state index contributed by atoms with van der Waals surface area (Å²) in [7, 11) is 0. The fourth-order valence-corrected chi connectivity index (χ4v) is 4.10. The minimum atomic E-state index is -0.165. The van der Waals surface area contributed by atoms with Gasteiger partial charge in [-0.3, -0.25) is 4.90 Å². The van der Waals surface area contributed by atoms with Crippen LogP contribution in [-0.2, 0) is 19.4 Å². The predicted octanol–water partition coefficient (Wildman–Crippen LogP) is 1.83. The topological polar surface area (TPSA) is 36.4 Å². The Morgan fingerprint density at radius 3 is 3.12 bits per heavy atom. The highest BCUT2D eigenvalue weighted by molar-refractivity contribution is 7.11. The van der Waals surface area contributed by atoms with Gasteiger partial charge in [-0.05, 0) is 45.1 Å². The van der Waals surface area contributed by atoms with E-state index in [2.05, 4.69) is 4.90 Å². The normalized spacial score (nSPS) is 26.4. The zero-order chi connectivity index (χ0) is 11.8. The monoisotopic (exact) mass is 252 g/mol. The quantitative estimate of drug-likeness (QED) is 0.891. The Labute approximate surface area is 106 Å². The van der Waals surface area contributed by atoms with Gasteiger partial charge in [0.25, 0.3) is 0 Å². The molecule has 0 radical (unpaired) electrons. The number of fused-ring (bicyclic) bond motifs is 1. The summed E-state index contributed by atoms with van der Waals surface area (Å²) in [6, 6.07) is 0. The number of hydrogen-bond donors (Lipinski definition) is 1. The molecular formula is C13H20N2OS. The van der Waals surface area contributed by atoms with E-state index in [0.717, 1.165) is 26.1 Å². The summed E-state index contributed by atoms with van der Waals surface area (Å²) in [6.45, 7) is 5.04. The molecule has 0 saturated carbocycles. The molecule has 0 aromatic carbocycles. The molecule has 0 spiro atoms. The summed E-state index contributed by atoms with van der Waals surface area (Å²) in [6.07, 6.45) is 4.68. The summed E-state index contributed by atoms with van der Waals surface area (Å²) in [5, 5.41) is 10.9. The standard InChI is InChI=1S/C13H20N2OS/c1-9(16)10-5-6-15(7-10)8-13-14-11-3-2-4-12(11)17-13/h9-10,16H,2-8H2,1H3. The van der Waals surface area contributed by atoms with E-state index in [1.165, 1.54) is 34.8 Å². The molecule has 94 valence electrons. The van der Waals surface area contributed by atoms with E-state index in [-0.39, 0.29) is 6.10 Å². The van der Waals surface area contributed by atoms with E-state index >= 15 is 0 Å². The molecule has 17 heavy (non-hydrogen) atoms. The van der Waals surface area contributed by atoms with E-state index in [0.29, 0.717) is 5.92 Å². The second-order valence-corrected chi connectivity index (χ2v) is 6.52. The molecule has 2 unspecified atom stereocenters. The molecule has 2 heterocycles. The molecule has 3 nitrogen and oxygen atoms in total. The van der Waals surface area contributed by atoms with E-state index < -0.39 is 0 Å². The summed E-state index contributed by atoms with van der Waals surface area (Å²) < 4.78 is 0. The highest BCUT2D eigenvalue weighted by atomic mass is 32.1. The molecule has 1 fully saturated rings. The third-order valence-corrected chi connectivity index (χ3v) is 5.13. The number of thiazole rings is 1. The van der Waals surface area contributed by atoms with E-state index in [9.17, 15) is 5.11 Å². The summed E-state index contributed by atoms with van der Waals surface area (Å²) in [5.41, 5.74) is 1.36. The third kappa shape index (κ3) is 2.39. The van der Waals surface area contributed by atoms with Gasteiger partial charge in [0.05, 0.1) is 18.3 Å². The van der Waals surface area contributed by atoms with Gasteiger partial charge in [0, 0.05) is 11.4 Å². The number of likely N-dealkylation sites (tertiary alicyclic amines) is 1. The van der Waals surface area contributed by atoms with Crippen molar-refractivity contribution < 1.29 is 5.11 Å². The number of rotatable bonds is 3. The van der Waals surface area contributed by atoms with Crippen LogP contribution in [0.5, 0.6) is 0 Å². The summed E-state index contributed by atoms with van der Waals surface area (Å²) in [4.78, 5) is 8.69. The fourth-order valence-electron chi connectivity index (χ4n) is 2.90. The number of aryl methyl sites for hydroxylation is 2. The van der Waals surface area contributed by atoms with Crippen LogP contribution in [0, 0.1) is 5.92 Å². The highest BCUT2D eigenvalue weighted by Gasteiger charge is 2.27. The van der Waals surface area contributed by atoms with Crippen LogP contribution in [0.2, 0.25) is 0 Å². The molecule has 4 heteroatoms.